The predicted molar refractivity (Wildman–Crippen MR) is 87.2 cm³/mol. The Hall–Kier alpha value is -1.99. The number of halogens is 1. The molecule has 3 heterocycles. The van der Waals surface area contributed by atoms with Crippen molar-refractivity contribution < 1.29 is 13.9 Å². The van der Waals surface area contributed by atoms with Crippen molar-refractivity contribution in [1.29, 1.82) is 0 Å². The Bertz CT molecular complexity index is 649. The minimum Gasteiger partial charge on any atom is -0.474 e. The molecule has 1 aliphatic rings. The Morgan fingerprint density at radius 2 is 2.42 bits per heavy atom. The predicted octanol–water partition coefficient (Wildman–Crippen LogP) is 2.09. The van der Waals surface area contributed by atoms with Gasteiger partial charge in [0.15, 0.2) is 5.82 Å². The summed E-state index contributed by atoms with van der Waals surface area (Å²) in [5, 5.41) is 7.60. The molecule has 0 amide bonds. The van der Waals surface area contributed by atoms with Crippen LogP contribution in [0.2, 0.25) is 0 Å². The van der Waals surface area contributed by atoms with Crippen LogP contribution >= 0.6 is 0 Å². The van der Waals surface area contributed by atoms with Crippen LogP contribution in [0.3, 0.4) is 0 Å². The summed E-state index contributed by atoms with van der Waals surface area (Å²) in [6.45, 7) is 2.62. The first-order chi connectivity index (χ1) is 11.7. The van der Waals surface area contributed by atoms with Crippen LogP contribution in [0.5, 0.6) is 5.88 Å². The zero-order chi connectivity index (χ0) is 16.8. The first-order valence-electron chi connectivity index (χ1n) is 8.28. The average Bonchev–Trinajstić information content (AvgIpc) is 3.03. The van der Waals surface area contributed by atoms with E-state index in [-0.39, 0.29) is 12.0 Å². The topological polar surface area (TPSA) is 61.2 Å². The van der Waals surface area contributed by atoms with E-state index in [4.69, 9.17) is 9.47 Å². The standard InChI is InChI=1S/C17H23FN4O2/c1-22-12-14(11-21-22)16-13(4-3-8-23-16)10-19-7-9-24-17-15(18)5-2-6-20-17/h2,5-6,11-13,16,19H,3-4,7-10H2,1H3/t13-,16+/m0/s1. The molecule has 0 aromatic carbocycles. The molecule has 1 N–H and O–H groups in total. The fourth-order valence-corrected chi connectivity index (χ4v) is 2.99. The smallest absolute Gasteiger partial charge is 0.250 e. The van der Waals surface area contributed by atoms with E-state index in [0.717, 1.165) is 31.6 Å². The van der Waals surface area contributed by atoms with E-state index in [9.17, 15) is 4.39 Å². The molecule has 1 aliphatic heterocycles. The highest BCUT2D eigenvalue weighted by atomic mass is 19.1. The molecule has 2 atom stereocenters. The van der Waals surface area contributed by atoms with Gasteiger partial charge in [-0.3, -0.25) is 4.68 Å². The molecule has 0 spiro atoms. The molecule has 0 radical (unpaired) electrons. The zero-order valence-corrected chi connectivity index (χ0v) is 13.8. The Morgan fingerprint density at radius 1 is 1.50 bits per heavy atom. The minimum atomic E-state index is -0.435. The Balaban J connectivity index is 1.44. The van der Waals surface area contributed by atoms with Gasteiger partial charge in [-0.05, 0) is 25.0 Å². The van der Waals surface area contributed by atoms with Gasteiger partial charge in [0.2, 0.25) is 5.88 Å². The van der Waals surface area contributed by atoms with Gasteiger partial charge in [-0.2, -0.15) is 5.10 Å². The molecule has 1 fully saturated rings. The average molecular weight is 334 g/mol. The molecule has 2 aromatic rings. The fraction of sp³-hybridized carbons (Fsp3) is 0.529. The third-order valence-corrected chi connectivity index (χ3v) is 4.15. The number of rotatable bonds is 7. The van der Waals surface area contributed by atoms with E-state index in [1.54, 1.807) is 10.7 Å². The molecule has 0 unspecified atom stereocenters. The molecule has 6 nitrogen and oxygen atoms in total. The summed E-state index contributed by atoms with van der Waals surface area (Å²) in [4.78, 5) is 3.87. The largest absolute Gasteiger partial charge is 0.474 e. The molecule has 24 heavy (non-hydrogen) atoms. The van der Waals surface area contributed by atoms with Crippen LogP contribution in [0.1, 0.15) is 24.5 Å². The highest BCUT2D eigenvalue weighted by Crippen LogP contribution is 2.32. The molecule has 130 valence electrons. The summed E-state index contributed by atoms with van der Waals surface area (Å²) in [5.74, 6) is 0.0119. The van der Waals surface area contributed by atoms with Crippen LogP contribution in [0.15, 0.2) is 30.7 Å². The molecule has 0 aliphatic carbocycles. The first kappa shape index (κ1) is 16.9. The maximum absolute atomic E-state index is 13.4. The zero-order valence-electron chi connectivity index (χ0n) is 13.8. The lowest BCUT2D eigenvalue weighted by Crippen LogP contribution is -2.33. The highest BCUT2D eigenvalue weighted by molar-refractivity contribution is 5.12. The van der Waals surface area contributed by atoms with Crippen molar-refractivity contribution in [3.63, 3.8) is 0 Å². The molecule has 2 aromatic heterocycles. The molecular formula is C17H23FN4O2. The summed E-state index contributed by atoms with van der Waals surface area (Å²) in [5.41, 5.74) is 1.12. The SMILES string of the molecule is Cn1cc([C@@H]2OCCC[C@H]2CNCCOc2ncccc2F)cn1. The van der Waals surface area contributed by atoms with Crippen LogP contribution in [-0.2, 0) is 11.8 Å². The Labute approximate surface area is 141 Å². The lowest BCUT2D eigenvalue weighted by atomic mass is 9.91. The van der Waals surface area contributed by atoms with Crippen LogP contribution < -0.4 is 10.1 Å². The van der Waals surface area contributed by atoms with Crippen molar-refractivity contribution in [1.82, 2.24) is 20.1 Å². The van der Waals surface area contributed by atoms with E-state index < -0.39 is 5.82 Å². The summed E-state index contributed by atoms with van der Waals surface area (Å²) >= 11 is 0. The van der Waals surface area contributed by atoms with E-state index in [1.165, 1.54) is 12.3 Å². The molecular weight excluding hydrogens is 311 g/mol. The van der Waals surface area contributed by atoms with Gasteiger partial charge in [-0.25, -0.2) is 9.37 Å². The van der Waals surface area contributed by atoms with Crippen molar-refractivity contribution in [2.75, 3.05) is 26.3 Å². The van der Waals surface area contributed by atoms with Gasteiger partial charge in [0.25, 0.3) is 0 Å². The monoisotopic (exact) mass is 334 g/mol. The van der Waals surface area contributed by atoms with E-state index in [0.29, 0.717) is 19.1 Å². The van der Waals surface area contributed by atoms with Crippen LogP contribution in [-0.4, -0.2) is 41.1 Å². The van der Waals surface area contributed by atoms with E-state index in [1.807, 2.05) is 19.4 Å². The second kappa shape index (κ2) is 8.21. The number of nitrogens with zero attached hydrogens (tertiary/aromatic N) is 3. The summed E-state index contributed by atoms with van der Waals surface area (Å²) in [7, 11) is 1.91. The van der Waals surface area contributed by atoms with Crippen molar-refractivity contribution in [3.8, 4) is 5.88 Å². The maximum atomic E-state index is 13.4. The Kier molecular flexibility index (Phi) is 5.77. The second-order valence-corrected chi connectivity index (χ2v) is 5.98. The third-order valence-electron chi connectivity index (χ3n) is 4.15. The minimum absolute atomic E-state index is 0.0496. The number of pyridine rings is 1. The molecule has 3 rings (SSSR count). The van der Waals surface area contributed by atoms with Crippen molar-refractivity contribution in [2.45, 2.75) is 18.9 Å². The van der Waals surface area contributed by atoms with Crippen LogP contribution in [0.4, 0.5) is 4.39 Å². The lowest BCUT2D eigenvalue weighted by Gasteiger charge is -2.31. The van der Waals surface area contributed by atoms with Gasteiger partial charge in [-0.15, -0.1) is 0 Å². The number of aryl methyl sites for hydroxylation is 1. The summed E-state index contributed by atoms with van der Waals surface area (Å²) < 4.78 is 26.5. The molecule has 7 heteroatoms. The van der Waals surface area contributed by atoms with Crippen molar-refractivity contribution >= 4 is 0 Å². The quantitative estimate of drug-likeness (QED) is 0.786. The lowest BCUT2D eigenvalue weighted by molar-refractivity contribution is -0.0279. The van der Waals surface area contributed by atoms with Crippen LogP contribution in [0.25, 0.3) is 0 Å². The maximum Gasteiger partial charge on any atom is 0.250 e. The van der Waals surface area contributed by atoms with Gasteiger partial charge in [0.05, 0.1) is 12.3 Å². The van der Waals surface area contributed by atoms with Gasteiger partial charge in [-0.1, -0.05) is 0 Å². The third kappa shape index (κ3) is 4.30. The van der Waals surface area contributed by atoms with Crippen LogP contribution in [0, 0.1) is 11.7 Å². The Morgan fingerprint density at radius 3 is 3.21 bits per heavy atom. The second-order valence-electron chi connectivity index (χ2n) is 5.98. The number of hydrogen-bond donors (Lipinski definition) is 1. The van der Waals surface area contributed by atoms with Crippen molar-refractivity contribution in [3.05, 3.63) is 42.1 Å². The number of aromatic nitrogens is 3. The van der Waals surface area contributed by atoms with Gasteiger partial charge in [0, 0.05) is 50.6 Å². The highest BCUT2D eigenvalue weighted by Gasteiger charge is 2.28. The van der Waals surface area contributed by atoms with E-state index >= 15 is 0 Å². The first-order valence-corrected chi connectivity index (χ1v) is 8.28. The molecule has 0 bridgehead atoms. The number of nitrogens with one attached hydrogen (secondary N) is 1. The molecule has 0 saturated carbocycles. The summed E-state index contributed by atoms with van der Waals surface area (Å²) in [6.07, 6.45) is 7.66. The summed E-state index contributed by atoms with van der Waals surface area (Å²) in [6, 6.07) is 2.88. The number of hydrogen-bond acceptors (Lipinski definition) is 5. The van der Waals surface area contributed by atoms with Crippen molar-refractivity contribution in [2.24, 2.45) is 13.0 Å². The normalized spacial score (nSPS) is 20.9. The van der Waals surface area contributed by atoms with Gasteiger partial charge >= 0.3 is 0 Å². The number of ether oxygens (including phenoxy) is 2. The van der Waals surface area contributed by atoms with E-state index in [2.05, 4.69) is 15.4 Å². The molecule has 1 saturated heterocycles. The van der Waals surface area contributed by atoms with Gasteiger partial charge in [0.1, 0.15) is 6.61 Å². The fourth-order valence-electron chi connectivity index (χ4n) is 2.99. The van der Waals surface area contributed by atoms with Gasteiger partial charge < -0.3 is 14.8 Å².